The molecule has 23 heavy (non-hydrogen) atoms. The van der Waals surface area contributed by atoms with Crippen LogP contribution in [0, 0.1) is 6.92 Å². The van der Waals surface area contributed by atoms with Crippen molar-refractivity contribution in [1.82, 2.24) is 14.5 Å². The second-order valence-electron chi connectivity index (χ2n) is 5.35. The highest BCUT2D eigenvalue weighted by molar-refractivity contribution is 7.17. The molecule has 0 saturated carbocycles. The van der Waals surface area contributed by atoms with Crippen LogP contribution in [0.5, 0.6) is 0 Å². The number of carboxylic acids is 1. The van der Waals surface area contributed by atoms with Gasteiger partial charge >= 0.3 is 5.97 Å². The highest BCUT2D eigenvalue weighted by Gasteiger charge is 2.20. The summed E-state index contributed by atoms with van der Waals surface area (Å²) in [5.74, 6) is -0.965. The lowest BCUT2D eigenvalue weighted by Crippen LogP contribution is -2.35. The molecule has 0 aliphatic rings. The Morgan fingerprint density at radius 3 is 2.74 bits per heavy atom. The molecule has 7 nitrogen and oxygen atoms in total. The molecule has 0 bridgehead atoms. The minimum absolute atomic E-state index is 0.0666. The average molecular weight is 337 g/mol. The number of fused-ring (bicyclic) bond motifs is 1. The van der Waals surface area contributed by atoms with Crippen LogP contribution in [0.1, 0.15) is 35.9 Å². The van der Waals surface area contributed by atoms with Gasteiger partial charge in [0.1, 0.15) is 17.2 Å². The predicted molar refractivity (Wildman–Crippen MR) is 88.1 cm³/mol. The van der Waals surface area contributed by atoms with Gasteiger partial charge in [-0.15, -0.1) is 11.3 Å². The molecule has 2 heterocycles. The Morgan fingerprint density at radius 2 is 2.13 bits per heavy atom. The van der Waals surface area contributed by atoms with Crippen molar-refractivity contribution in [3.8, 4) is 0 Å². The van der Waals surface area contributed by atoms with Crippen molar-refractivity contribution in [2.45, 2.75) is 33.2 Å². The minimum atomic E-state index is -1.17. The zero-order valence-electron chi connectivity index (χ0n) is 13.3. The Labute approximate surface area is 137 Å². The van der Waals surface area contributed by atoms with Crippen molar-refractivity contribution in [3.05, 3.63) is 27.1 Å². The average Bonchev–Trinajstić information content (AvgIpc) is 2.92. The molecule has 0 unspecified atom stereocenters. The fourth-order valence-electron chi connectivity index (χ4n) is 2.25. The van der Waals surface area contributed by atoms with Crippen molar-refractivity contribution >= 4 is 33.4 Å². The first-order valence-electron chi connectivity index (χ1n) is 7.32. The summed E-state index contributed by atoms with van der Waals surface area (Å²) in [6, 6.07) is 0. The SMILES string of the molecule is CCCCN(C)C(=O)Cn1c(C)nc2scc(C(=O)O)c2c1=O. The van der Waals surface area contributed by atoms with Gasteiger partial charge < -0.3 is 10.0 Å². The van der Waals surface area contributed by atoms with E-state index in [1.807, 2.05) is 6.92 Å². The largest absolute Gasteiger partial charge is 0.478 e. The fraction of sp³-hybridized carbons (Fsp3) is 0.467. The maximum Gasteiger partial charge on any atom is 0.337 e. The van der Waals surface area contributed by atoms with Crippen LogP contribution in [-0.4, -0.2) is 45.0 Å². The maximum absolute atomic E-state index is 12.6. The number of carboxylic acid groups (broad SMARTS) is 1. The van der Waals surface area contributed by atoms with Gasteiger partial charge in [-0.25, -0.2) is 9.78 Å². The van der Waals surface area contributed by atoms with Gasteiger partial charge in [-0.05, 0) is 13.3 Å². The molecule has 0 atom stereocenters. The Kier molecular flexibility index (Phi) is 5.15. The lowest BCUT2D eigenvalue weighted by Gasteiger charge is -2.18. The molecular weight excluding hydrogens is 318 g/mol. The normalized spacial score (nSPS) is 10.9. The summed E-state index contributed by atoms with van der Waals surface area (Å²) in [6.45, 7) is 4.16. The quantitative estimate of drug-likeness (QED) is 0.866. The first-order valence-corrected chi connectivity index (χ1v) is 8.20. The smallest absolute Gasteiger partial charge is 0.337 e. The minimum Gasteiger partial charge on any atom is -0.478 e. The lowest BCUT2D eigenvalue weighted by molar-refractivity contribution is -0.130. The molecule has 0 aliphatic heterocycles. The third kappa shape index (κ3) is 3.42. The van der Waals surface area contributed by atoms with Gasteiger partial charge in [-0.2, -0.15) is 0 Å². The van der Waals surface area contributed by atoms with Crippen molar-refractivity contribution in [2.75, 3.05) is 13.6 Å². The van der Waals surface area contributed by atoms with Crippen LogP contribution in [0.3, 0.4) is 0 Å². The van der Waals surface area contributed by atoms with E-state index in [4.69, 9.17) is 0 Å². The van der Waals surface area contributed by atoms with Gasteiger partial charge in [-0.1, -0.05) is 13.3 Å². The number of unbranched alkanes of at least 4 members (excludes halogenated alkanes) is 1. The third-order valence-corrected chi connectivity index (χ3v) is 4.55. The summed E-state index contributed by atoms with van der Waals surface area (Å²) in [7, 11) is 1.69. The molecular formula is C15H19N3O4S. The van der Waals surface area contributed by atoms with Crippen LogP contribution in [0.15, 0.2) is 10.2 Å². The number of aromatic carboxylic acids is 1. The standard InChI is InChI=1S/C15H19N3O4S/c1-4-5-6-17(3)11(19)7-18-9(2)16-13-12(14(18)20)10(8-23-13)15(21)22/h8H,4-7H2,1-3H3,(H,21,22). The number of aromatic nitrogens is 2. The first-order chi connectivity index (χ1) is 10.9. The molecule has 2 rings (SSSR count). The summed E-state index contributed by atoms with van der Waals surface area (Å²) < 4.78 is 1.24. The molecule has 2 aromatic heterocycles. The molecule has 0 spiro atoms. The highest BCUT2D eigenvalue weighted by atomic mass is 32.1. The fourth-order valence-corrected chi connectivity index (χ4v) is 3.19. The van der Waals surface area contributed by atoms with E-state index in [0.29, 0.717) is 17.2 Å². The zero-order valence-corrected chi connectivity index (χ0v) is 14.1. The van der Waals surface area contributed by atoms with Crippen LogP contribution < -0.4 is 5.56 Å². The number of aryl methyl sites for hydroxylation is 1. The van der Waals surface area contributed by atoms with Crippen LogP contribution in [0.2, 0.25) is 0 Å². The van der Waals surface area contributed by atoms with Crippen LogP contribution in [0.4, 0.5) is 0 Å². The van der Waals surface area contributed by atoms with Gasteiger partial charge in [0.05, 0.1) is 10.9 Å². The zero-order chi connectivity index (χ0) is 17.1. The third-order valence-electron chi connectivity index (χ3n) is 3.68. The molecule has 0 aliphatic carbocycles. The number of nitrogens with zero attached hydrogens (tertiary/aromatic N) is 3. The second kappa shape index (κ2) is 6.91. The van der Waals surface area contributed by atoms with E-state index in [1.54, 1.807) is 18.9 Å². The summed E-state index contributed by atoms with van der Waals surface area (Å²) in [6.07, 6.45) is 1.86. The number of amides is 1. The van der Waals surface area contributed by atoms with E-state index >= 15 is 0 Å². The van der Waals surface area contributed by atoms with Crippen molar-refractivity contribution in [1.29, 1.82) is 0 Å². The Hall–Kier alpha value is -2.22. The number of thiophene rings is 1. The van der Waals surface area contributed by atoms with E-state index in [-0.39, 0.29) is 23.4 Å². The predicted octanol–water partition coefficient (Wildman–Crippen LogP) is 1.72. The van der Waals surface area contributed by atoms with Crippen LogP contribution in [-0.2, 0) is 11.3 Å². The van der Waals surface area contributed by atoms with Gasteiger partial charge in [-0.3, -0.25) is 14.2 Å². The molecule has 124 valence electrons. The van der Waals surface area contributed by atoms with Gasteiger partial charge in [0, 0.05) is 19.0 Å². The summed E-state index contributed by atoms with van der Waals surface area (Å²) >= 11 is 1.11. The summed E-state index contributed by atoms with van der Waals surface area (Å²) in [5.41, 5.74) is -0.550. The number of hydrogen-bond acceptors (Lipinski definition) is 5. The number of rotatable bonds is 6. The van der Waals surface area contributed by atoms with Gasteiger partial charge in [0.2, 0.25) is 5.91 Å². The highest BCUT2D eigenvalue weighted by Crippen LogP contribution is 2.21. The number of carbonyl (C=O) groups is 2. The van der Waals surface area contributed by atoms with Crippen LogP contribution in [0.25, 0.3) is 10.2 Å². The Bertz CT molecular complexity index is 809. The van der Waals surface area contributed by atoms with Crippen molar-refractivity contribution < 1.29 is 14.7 Å². The van der Waals surface area contributed by atoms with Gasteiger partial charge in [0.15, 0.2) is 0 Å². The van der Waals surface area contributed by atoms with E-state index in [1.165, 1.54) is 9.95 Å². The monoisotopic (exact) mass is 337 g/mol. The van der Waals surface area contributed by atoms with E-state index in [9.17, 15) is 19.5 Å². The molecule has 1 N–H and O–H groups in total. The maximum atomic E-state index is 12.6. The molecule has 1 amide bonds. The van der Waals surface area contributed by atoms with E-state index < -0.39 is 11.5 Å². The summed E-state index contributed by atoms with van der Waals surface area (Å²) in [5, 5.41) is 10.6. The number of hydrogen-bond donors (Lipinski definition) is 1. The molecule has 8 heteroatoms. The number of carbonyl (C=O) groups excluding carboxylic acids is 1. The van der Waals surface area contributed by atoms with Crippen molar-refractivity contribution in [3.63, 3.8) is 0 Å². The molecule has 0 fully saturated rings. The lowest BCUT2D eigenvalue weighted by atomic mass is 10.2. The molecule has 0 aromatic carbocycles. The second-order valence-corrected chi connectivity index (χ2v) is 6.21. The van der Waals surface area contributed by atoms with Crippen LogP contribution >= 0.6 is 11.3 Å². The Morgan fingerprint density at radius 1 is 1.43 bits per heavy atom. The van der Waals surface area contributed by atoms with Crippen molar-refractivity contribution in [2.24, 2.45) is 0 Å². The Balaban J connectivity index is 2.41. The first kappa shape index (κ1) is 17.1. The van der Waals surface area contributed by atoms with Gasteiger partial charge in [0.25, 0.3) is 5.56 Å². The van der Waals surface area contributed by atoms with E-state index in [2.05, 4.69) is 4.98 Å². The topological polar surface area (TPSA) is 92.5 Å². The van der Waals surface area contributed by atoms with E-state index in [0.717, 1.165) is 24.2 Å². The molecule has 0 radical (unpaired) electrons. The summed E-state index contributed by atoms with van der Waals surface area (Å²) in [4.78, 5) is 42.3. The number of likely N-dealkylation sites (N-methyl/N-ethyl adjacent to an activating group) is 1. The molecule has 2 aromatic rings. The molecule has 0 saturated heterocycles.